The molecule has 0 aromatic heterocycles. The van der Waals surface area contributed by atoms with Gasteiger partial charge in [-0.05, 0) is 44.9 Å². The predicted molar refractivity (Wildman–Crippen MR) is 74.0 cm³/mol. The van der Waals surface area contributed by atoms with Crippen molar-refractivity contribution in [2.24, 2.45) is 5.92 Å². The Labute approximate surface area is 120 Å². The van der Waals surface area contributed by atoms with Crippen LogP contribution in [0.15, 0.2) is 0 Å². The van der Waals surface area contributed by atoms with E-state index in [1.807, 2.05) is 18.7 Å². The molecule has 0 radical (unpaired) electrons. The molecule has 5 heteroatoms. The quantitative estimate of drug-likeness (QED) is 0.838. The molecule has 1 aliphatic carbocycles. The molecular weight excluding hydrogens is 256 g/mol. The molecule has 0 aromatic carbocycles. The highest BCUT2D eigenvalue weighted by molar-refractivity contribution is 6.00. The molecule has 2 amide bonds. The van der Waals surface area contributed by atoms with Crippen LogP contribution in [0.2, 0.25) is 0 Å². The standard InChI is InChI=1S/C15H24N2O3/c1-3-12-13(18)17(9-11-5-4-8-20-11)15(2,10-6-7-10)14(19)16-12/h10-12H,3-9H2,1-2H3,(H,16,19). The fraction of sp³-hybridized carbons (Fsp3) is 0.867. The number of amides is 2. The minimum Gasteiger partial charge on any atom is -0.376 e. The maximum Gasteiger partial charge on any atom is 0.246 e. The van der Waals surface area contributed by atoms with Gasteiger partial charge in [0.05, 0.1) is 6.10 Å². The molecule has 2 saturated heterocycles. The first-order chi connectivity index (χ1) is 9.57. The molecule has 1 saturated carbocycles. The normalized spacial score (nSPS) is 38.2. The van der Waals surface area contributed by atoms with Crippen LogP contribution in [-0.2, 0) is 14.3 Å². The number of nitrogens with one attached hydrogen (secondary N) is 1. The van der Waals surface area contributed by atoms with Gasteiger partial charge in [-0.3, -0.25) is 9.59 Å². The second-order valence-corrected chi connectivity index (χ2v) is 6.44. The van der Waals surface area contributed by atoms with Crippen LogP contribution in [0.1, 0.15) is 46.0 Å². The van der Waals surface area contributed by atoms with Crippen molar-refractivity contribution in [3.05, 3.63) is 0 Å². The van der Waals surface area contributed by atoms with Crippen LogP contribution < -0.4 is 5.32 Å². The van der Waals surface area contributed by atoms with Gasteiger partial charge < -0.3 is 15.0 Å². The van der Waals surface area contributed by atoms with Gasteiger partial charge in [-0.1, -0.05) is 6.92 Å². The molecule has 0 spiro atoms. The van der Waals surface area contributed by atoms with Gasteiger partial charge in [0.25, 0.3) is 0 Å². The number of carbonyl (C=O) groups is 2. The zero-order valence-electron chi connectivity index (χ0n) is 12.4. The monoisotopic (exact) mass is 280 g/mol. The lowest BCUT2D eigenvalue weighted by Gasteiger charge is -2.47. The number of nitrogens with zero attached hydrogens (tertiary/aromatic N) is 1. The number of piperazine rings is 1. The van der Waals surface area contributed by atoms with E-state index in [9.17, 15) is 9.59 Å². The van der Waals surface area contributed by atoms with Crippen LogP contribution in [0, 0.1) is 5.92 Å². The molecule has 5 nitrogen and oxygen atoms in total. The Bertz CT molecular complexity index is 415. The summed E-state index contributed by atoms with van der Waals surface area (Å²) in [7, 11) is 0. The van der Waals surface area contributed by atoms with Gasteiger partial charge >= 0.3 is 0 Å². The third kappa shape index (κ3) is 2.12. The zero-order chi connectivity index (χ0) is 14.3. The Hall–Kier alpha value is -1.10. The molecule has 1 N–H and O–H groups in total. The number of hydrogen-bond donors (Lipinski definition) is 1. The fourth-order valence-electron chi connectivity index (χ4n) is 3.51. The van der Waals surface area contributed by atoms with E-state index in [2.05, 4.69) is 5.32 Å². The van der Waals surface area contributed by atoms with Crippen LogP contribution in [0.5, 0.6) is 0 Å². The summed E-state index contributed by atoms with van der Waals surface area (Å²) in [4.78, 5) is 27.1. The molecule has 3 unspecified atom stereocenters. The van der Waals surface area contributed by atoms with Gasteiger partial charge in [-0.15, -0.1) is 0 Å². The van der Waals surface area contributed by atoms with Crippen molar-refractivity contribution in [1.82, 2.24) is 10.2 Å². The third-order valence-corrected chi connectivity index (χ3v) is 5.08. The first kappa shape index (κ1) is 13.9. The molecule has 2 heterocycles. The lowest BCUT2D eigenvalue weighted by Crippen LogP contribution is -2.71. The fourth-order valence-corrected chi connectivity index (χ4v) is 3.51. The minimum atomic E-state index is -0.672. The highest BCUT2D eigenvalue weighted by Crippen LogP contribution is 2.45. The highest BCUT2D eigenvalue weighted by Gasteiger charge is 2.57. The minimum absolute atomic E-state index is 0.0180. The first-order valence-electron chi connectivity index (χ1n) is 7.81. The molecule has 0 bridgehead atoms. The van der Waals surface area contributed by atoms with Crippen molar-refractivity contribution >= 4 is 11.8 Å². The van der Waals surface area contributed by atoms with Gasteiger partial charge in [0, 0.05) is 13.2 Å². The van der Waals surface area contributed by atoms with E-state index in [0.29, 0.717) is 18.9 Å². The SMILES string of the molecule is CCC1NC(=O)C(C)(C2CC2)N(CC2CCCO2)C1=O. The largest absolute Gasteiger partial charge is 0.376 e. The Morgan fingerprint density at radius 3 is 2.65 bits per heavy atom. The van der Waals surface area contributed by atoms with Crippen molar-refractivity contribution in [2.75, 3.05) is 13.2 Å². The smallest absolute Gasteiger partial charge is 0.246 e. The first-order valence-corrected chi connectivity index (χ1v) is 7.81. The number of hydrogen-bond acceptors (Lipinski definition) is 3. The van der Waals surface area contributed by atoms with E-state index in [1.54, 1.807) is 0 Å². The Morgan fingerprint density at radius 1 is 1.35 bits per heavy atom. The lowest BCUT2D eigenvalue weighted by atomic mass is 9.87. The second kappa shape index (κ2) is 5.02. The second-order valence-electron chi connectivity index (χ2n) is 6.44. The highest BCUT2D eigenvalue weighted by atomic mass is 16.5. The van der Waals surface area contributed by atoms with Crippen molar-refractivity contribution in [1.29, 1.82) is 0 Å². The maximum atomic E-state index is 12.7. The average Bonchev–Trinajstić information content (AvgIpc) is 3.17. The van der Waals surface area contributed by atoms with E-state index in [4.69, 9.17) is 4.74 Å². The molecular formula is C15H24N2O3. The summed E-state index contributed by atoms with van der Waals surface area (Å²) in [6, 6.07) is -0.365. The summed E-state index contributed by atoms with van der Waals surface area (Å²) in [5.74, 6) is 0.395. The number of rotatable bonds is 4. The summed E-state index contributed by atoms with van der Waals surface area (Å²) in [6.07, 6.45) is 4.86. The molecule has 112 valence electrons. The van der Waals surface area contributed by atoms with Crippen molar-refractivity contribution in [3.8, 4) is 0 Å². The van der Waals surface area contributed by atoms with Crippen LogP contribution in [0.4, 0.5) is 0 Å². The van der Waals surface area contributed by atoms with Gasteiger partial charge in [0.1, 0.15) is 11.6 Å². The molecule has 20 heavy (non-hydrogen) atoms. The molecule has 3 aliphatic rings. The van der Waals surface area contributed by atoms with Crippen LogP contribution in [0.3, 0.4) is 0 Å². The van der Waals surface area contributed by atoms with E-state index in [-0.39, 0.29) is 24.0 Å². The van der Waals surface area contributed by atoms with Gasteiger partial charge in [-0.25, -0.2) is 0 Å². The average molecular weight is 280 g/mol. The Kier molecular flexibility index (Phi) is 3.48. The van der Waals surface area contributed by atoms with Crippen molar-refractivity contribution in [3.63, 3.8) is 0 Å². The third-order valence-electron chi connectivity index (χ3n) is 5.08. The van der Waals surface area contributed by atoms with Crippen LogP contribution >= 0.6 is 0 Å². The van der Waals surface area contributed by atoms with E-state index < -0.39 is 5.54 Å². The number of carbonyl (C=O) groups excluding carboxylic acids is 2. The molecule has 2 aliphatic heterocycles. The van der Waals surface area contributed by atoms with E-state index in [1.165, 1.54) is 0 Å². The van der Waals surface area contributed by atoms with Gasteiger partial charge in [0.15, 0.2) is 0 Å². The molecule has 3 fully saturated rings. The maximum absolute atomic E-state index is 12.7. The van der Waals surface area contributed by atoms with Crippen LogP contribution in [0.25, 0.3) is 0 Å². The van der Waals surface area contributed by atoms with Gasteiger partial charge in [-0.2, -0.15) is 0 Å². The molecule has 0 aromatic rings. The predicted octanol–water partition coefficient (Wildman–Crippen LogP) is 1.07. The summed E-state index contributed by atoms with van der Waals surface area (Å²) in [5, 5.41) is 2.91. The lowest BCUT2D eigenvalue weighted by molar-refractivity contribution is -0.160. The van der Waals surface area contributed by atoms with Crippen molar-refractivity contribution in [2.45, 2.75) is 63.6 Å². The van der Waals surface area contributed by atoms with Crippen molar-refractivity contribution < 1.29 is 14.3 Å². The summed E-state index contributed by atoms with van der Waals surface area (Å²) < 4.78 is 5.68. The van der Waals surface area contributed by atoms with Crippen LogP contribution in [-0.4, -0.2) is 47.6 Å². The molecule has 3 rings (SSSR count). The van der Waals surface area contributed by atoms with E-state index >= 15 is 0 Å². The Balaban J connectivity index is 1.85. The topological polar surface area (TPSA) is 58.6 Å². The summed E-state index contributed by atoms with van der Waals surface area (Å²) in [5.41, 5.74) is -0.672. The van der Waals surface area contributed by atoms with Gasteiger partial charge in [0.2, 0.25) is 11.8 Å². The Morgan fingerprint density at radius 2 is 2.10 bits per heavy atom. The summed E-state index contributed by atoms with van der Waals surface area (Å²) >= 11 is 0. The zero-order valence-corrected chi connectivity index (χ0v) is 12.4. The molecule has 3 atom stereocenters. The van der Waals surface area contributed by atoms with E-state index in [0.717, 1.165) is 32.3 Å². The number of ether oxygens (including phenoxy) is 1. The summed E-state index contributed by atoms with van der Waals surface area (Å²) in [6.45, 7) is 5.21.